The zero-order valence-electron chi connectivity index (χ0n) is 13.9. The van der Waals surface area contributed by atoms with Gasteiger partial charge in [0, 0.05) is 26.2 Å². The van der Waals surface area contributed by atoms with Crippen LogP contribution in [-0.4, -0.2) is 58.6 Å². The normalized spacial score (nSPS) is 26.9. The molecular weight excluding hydrogens is 264 g/mol. The number of aliphatic hydroxyl groups excluding tert-OH is 2. The van der Waals surface area contributed by atoms with Crippen molar-refractivity contribution in [3.05, 3.63) is 0 Å². The van der Waals surface area contributed by atoms with Gasteiger partial charge in [-0.3, -0.25) is 9.80 Å². The van der Waals surface area contributed by atoms with Gasteiger partial charge in [0.05, 0.1) is 0 Å². The molecular formula is C17H34N2O2. The van der Waals surface area contributed by atoms with Crippen LogP contribution in [0.15, 0.2) is 0 Å². The van der Waals surface area contributed by atoms with Crippen LogP contribution in [0.4, 0.5) is 0 Å². The highest BCUT2D eigenvalue weighted by molar-refractivity contribution is 4.75. The van der Waals surface area contributed by atoms with E-state index < -0.39 is 0 Å². The Bertz CT molecular complexity index is 253. The third-order valence-corrected chi connectivity index (χ3v) is 5.58. The molecule has 0 aromatic heterocycles. The highest BCUT2D eigenvalue weighted by atomic mass is 16.3. The van der Waals surface area contributed by atoms with E-state index in [0.29, 0.717) is 0 Å². The largest absolute Gasteiger partial charge is 0.379 e. The molecule has 0 radical (unpaired) electrons. The Kier molecular flexibility index (Phi) is 6.93. The molecule has 0 aromatic carbocycles. The zero-order valence-corrected chi connectivity index (χ0v) is 13.9. The average molecular weight is 298 g/mol. The fourth-order valence-electron chi connectivity index (χ4n) is 3.93. The van der Waals surface area contributed by atoms with E-state index in [9.17, 15) is 10.2 Å². The molecule has 4 heteroatoms. The lowest BCUT2D eigenvalue weighted by Crippen LogP contribution is -2.40. The lowest BCUT2D eigenvalue weighted by Gasteiger charge is -2.35. The summed E-state index contributed by atoms with van der Waals surface area (Å²) in [6.45, 7) is 8.01. The quantitative estimate of drug-likeness (QED) is 0.789. The molecule has 2 unspecified atom stereocenters. The van der Waals surface area contributed by atoms with Crippen molar-refractivity contribution in [3.8, 4) is 0 Å². The smallest absolute Gasteiger partial charge is 0.104 e. The maximum absolute atomic E-state index is 9.57. The number of hydrogen-bond acceptors (Lipinski definition) is 4. The lowest BCUT2D eigenvalue weighted by atomic mass is 9.87. The van der Waals surface area contributed by atoms with E-state index in [-0.39, 0.29) is 12.5 Å². The summed E-state index contributed by atoms with van der Waals surface area (Å²) in [5, 5.41) is 19.1. The van der Waals surface area contributed by atoms with Crippen LogP contribution in [0.3, 0.4) is 0 Å². The summed E-state index contributed by atoms with van der Waals surface area (Å²) >= 11 is 0. The summed E-state index contributed by atoms with van der Waals surface area (Å²) in [7, 11) is 0. The van der Waals surface area contributed by atoms with E-state index in [1.54, 1.807) is 0 Å². The van der Waals surface area contributed by atoms with Gasteiger partial charge in [-0.25, -0.2) is 0 Å². The van der Waals surface area contributed by atoms with Crippen LogP contribution in [0.25, 0.3) is 0 Å². The van der Waals surface area contributed by atoms with E-state index in [4.69, 9.17) is 0 Å². The number of hydrogen-bond donors (Lipinski definition) is 2. The minimum atomic E-state index is -0.273. The fourth-order valence-corrected chi connectivity index (χ4v) is 3.93. The van der Waals surface area contributed by atoms with Crippen molar-refractivity contribution in [2.75, 3.05) is 26.2 Å². The summed E-state index contributed by atoms with van der Waals surface area (Å²) in [5.74, 6) is 1.75. The van der Waals surface area contributed by atoms with E-state index >= 15 is 0 Å². The molecule has 2 saturated heterocycles. The maximum atomic E-state index is 9.57. The SMILES string of the molecule is CC(O)N1CCC(CCCC2CCN(C(C)O)CC2)CC1. The van der Waals surface area contributed by atoms with Gasteiger partial charge < -0.3 is 10.2 Å². The second-order valence-electron chi connectivity index (χ2n) is 7.15. The van der Waals surface area contributed by atoms with Crippen LogP contribution in [0.1, 0.15) is 58.8 Å². The summed E-state index contributed by atoms with van der Waals surface area (Å²) in [5.41, 5.74) is 0. The van der Waals surface area contributed by atoms with Crippen LogP contribution in [-0.2, 0) is 0 Å². The van der Waals surface area contributed by atoms with E-state index in [1.165, 1.54) is 44.9 Å². The zero-order chi connectivity index (χ0) is 15.2. The summed E-state index contributed by atoms with van der Waals surface area (Å²) in [6.07, 6.45) is 8.57. The predicted octanol–water partition coefficient (Wildman–Crippen LogP) is 2.26. The molecule has 0 spiro atoms. The second-order valence-corrected chi connectivity index (χ2v) is 7.15. The minimum absolute atomic E-state index is 0.273. The third-order valence-electron chi connectivity index (χ3n) is 5.58. The van der Waals surface area contributed by atoms with Crippen molar-refractivity contribution >= 4 is 0 Å². The fraction of sp³-hybridized carbons (Fsp3) is 1.00. The maximum Gasteiger partial charge on any atom is 0.104 e. The molecule has 0 saturated carbocycles. The Balaban J connectivity index is 1.55. The summed E-state index contributed by atoms with van der Waals surface area (Å²) < 4.78 is 0. The molecule has 2 heterocycles. The van der Waals surface area contributed by atoms with E-state index in [0.717, 1.165) is 38.0 Å². The van der Waals surface area contributed by atoms with Crippen LogP contribution in [0.5, 0.6) is 0 Å². The average Bonchev–Trinajstić information content (AvgIpc) is 2.48. The van der Waals surface area contributed by atoms with Crippen LogP contribution < -0.4 is 0 Å². The van der Waals surface area contributed by atoms with Crippen molar-refractivity contribution in [2.24, 2.45) is 11.8 Å². The van der Waals surface area contributed by atoms with E-state index in [2.05, 4.69) is 9.80 Å². The number of rotatable bonds is 6. The molecule has 0 aromatic rings. The van der Waals surface area contributed by atoms with Gasteiger partial charge in [-0.15, -0.1) is 0 Å². The molecule has 2 atom stereocenters. The molecule has 2 rings (SSSR count). The van der Waals surface area contributed by atoms with Gasteiger partial charge in [0.1, 0.15) is 12.5 Å². The Hall–Kier alpha value is -0.160. The third kappa shape index (κ3) is 5.51. The van der Waals surface area contributed by atoms with Crippen LogP contribution in [0.2, 0.25) is 0 Å². The number of nitrogens with zero attached hydrogens (tertiary/aromatic N) is 2. The minimum Gasteiger partial charge on any atom is -0.379 e. The first-order valence-corrected chi connectivity index (χ1v) is 8.90. The van der Waals surface area contributed by atoms with Gasteiger partial charge in [-0.2, -0.15) is 0 Å². The van der Waals surface area contributed by atoms with Gasteiger partial charge in [-0.05, 0) is 51.4 Å². The monoisotopic (exact) mass is 298 g/mol. The van der Waals surface area contributed by atoms with Gasteiger partial charge in [0.2, 0.25) is 0 Å². The van der Waals surface area contributed by atoms with Crippen molar-refractivity contribution < 1.29 is 10.2 Å². The summed E-state index contributed by atoms with van der Waals surface area (Å²) in [6, 6.07) is 0. The van der Waals surface area contributed by atoms with Gasteiger partial charge in [-0.1, -0.05) is 19.3 Å². The first kappa shape index (κ1) is 17.2. The molecule has 21 heavy (non-hydrogen) atoms. The predicted molar refractivity (Wildman–Crippen MR) is 85.8 cm³/mol. The Morgan fingerprint density at radius 3 is 1.38 bits per heavy atom. The number of likely N-dealkylation sites (tertiary alicyclic amines) is 2. The molecule has 2 aliphatic heterocycles. The Morgan fingerprint density at radius 1 is 0.762 bits per heavy atom. The van der Waals surface area contributed by atoms with E-state index in [1.807, 2.05) is 13.8 Å². The molecule has 124 valence electrons. The molecule has 2 N–H and O–H groups in total. The first-order valence-electron chi connectivity index (χ1n) is 8.90. The molecule has 4 nitrogen and oxygen atoms in total. The second kappa shape index (κ2) is 8.47. The topological polar surface area (TPSA) is 46.9 Å². The highest BCUT2D eigenvalue weighted by Gasteiger charge is 2.23. The van der Waals surface area contributed by atoms with Gasteiger partial charge in [0.15, 0.2) is 0 Å². The van der Waals surface area contributed by atoms with Crippen molar-refractivity contribution in [1.82, 2.24) is 9.80 Å². The Morgan fingerprint density at radius 2 is 1.10 bits per heavy atom. The standard InChI is InChI=1S/C17H34N2O2/c1-14(20)18-10-6-16(7-11-18)4-3-5-17-8-12-19(13-9-17)15(2)21/h14-17,20-21H,3-13H2,1-2H3. The molecule has 0 amide bonds. The molecule has 2 fully saturated rings. The van der Waals surface area contributed by atoms with Crippen LogP contribution in [0, 0.1) is 11.8 Å². The number of piperidine rings is 2. The van der Waals surface area contributed by atoms with Crippen LogP contribution >= 0.6 is 0 Å². The highest BCUT2D eigenvalue weighted by Crippen LogP contribution is 2.27. The number of aliphatic hydroxyl groups is 2. The molecule has 2 aliphatic rings. The van der Waals surface area contributed by atoms with Gasteiger partial charge in [0.25, 0.3) is 0 Å². The molecule has 0 bridgehead atoms. The molecule has 0 aliphatic carbocycles. The Labute approximate surface area is 130 Å². The van der Waals surface area contributed by atoms with Gasteiger partial charge >= 0.3 is 0 Å². The lowest BCUT2D eigenvalue weighted by molar-refractivity contribution is -0.00665. The van der Waals surface area contributed by atoms with Crippen molar-refractivity contribution in [1.29, 1.82) is 0 Å². The van der Waals surface area contributed by atoms with Crippen molar-refractivity contribution in [2.45, 2.75) is 71.2 Å². The first-order chi connectivity index (χ1) is 10.1. The van der Waals surface area contributed by atoms with Crippen molar-refractivity contribution in [3.63, 3.8) is 0 Å². The summed E-state index contributed by atoms with van der Waals surface area (Å²) in [4.78, 5) is 4.37.